The second kappa shape index (κ2) is 8.67. The fourth-order valence-corrected chi connectivity index (χ4v) is 3.56. The molecule has 0 atom stereocenters. The van der Waals surface area contributed by atoms with E-state index in [9.17, 15) is 31.2 Å². The number of nitrogens with one attached hydrogen (secondary N) is 2. The van der Waals surface area contributed by atoms with Gasteiger partial charge in [0.1, 0.15) is 6.54 Å². The molecule has 0 aliphatic carbocycles. The molecule has 28 heavy (non-hydrogen) atoms. The number of hydrogen-bond donors (Lipinski definition) is 2. The van der Waals surface area contributed by atoms with Gasteiger partial charge in [-0.1, -0.05) is 6.07 Å². The van der Waals surface area contributed by atoms with Gasteiger partial charge >= 0.3 is 12.1 Å². The van der Waals surface area contributed by atoms with Gasteiger partial charge in [-0.25, -0.2) is 13.4 Å². The number of benzene rings is 1. The summed E-state index contributed by atoms with van der Waals surface area (Å²) < 4.78 is 68.5. The Bertz CT molecular complexity index is 973. The van der Waals surface area contributed by atoms with Gasteiger partial charge in [-0.15, -0.1) is 11.3 Å². The summed E-state index contributed by atoms with van der Waals surface area (Å²) in [5.41, 5.74) is -0.451. The lowest BCUT2D eigenvalue weighted by atomic mass is 10.2. The summed E-state index contributed by atoms with van der Waals surface area (Å²) in [5, 5.41) is 4.39. The number of anilines is 1. The number of amides is 1. The zero-order valence-corrected chi connectivity index (χ0v) is 15.9. The minimum absolute atomic E-state index is 0.309. The molecule has 0 saturated heterocycles. The number of rotatable bonds is 7. The van der Waals surface area contributed by atoms with Gasteiger partial charge < -0.3 is 4.74 Å². The minimum Gasteiger partial charge on any atom is -0.455 e. The number of halogens is 3. The molecule has 2 rings (SSSR count). The summed E-state index contributed by atoms with van der Waals surface area (Å²) in [6.07, 6.45) is -4.71. The molecule has 0 radical (unpaired) electrons. The van der Waals surface area contributed by atoms with Gasteiger partial charge in [-0.2, -0.15) is 17.9 Å². The van der Waals surface area contributed by atoms with E-state index < -0.39 is 51.7 Å². The SMILES string of the molecule is Cc1csc(NC(=O)COC(=O)CNS(=O)(=O)c2cccc(C(F)(F)F)c2)n1. The van der Waals surface area contributed by atoms with E-state index >= 15 is 0 Å². The van der Waals surface area contributed by atoms with E-state index in [4.69, 9.17) is 0 Å². The molecule has 0 aliphatic heterocycles. The summed E-state index contributed by atoms with van der Waals surface area (Å²) in [6.45, 7) is 0.188. The molecule has 2 N–H and O–H groups in total. The van der Waals surface area contributed by atoms with Gasteiger partial charge in [0.05, 0.1) is 16.2 Å². The van der Waals surface area contributed by atoms with E-state index in [2.05, 4.69) is 15.0 Å². The molecular formula is C15H14F3N3O5S2. The summed E-state index contributed by atoms with van der Waals surface area (Å²) >= 11 is 1.17. The van der Waals surface area contributed by atoms with Crippen LogP contribution < -0.4 is 10.0 Å². The number of carbonyl (C=O) groups excluding carboxylic acids is 2. The third kappa shape index (κ3) is 6.28. The lowest BCUT2D eigenvalue weighted by Crippen LogP contribution is -2.32. The van der Waals surface area contributed by atoms with Gasteiger partial charge in [0.25, 0.3) is 5.91 Å². The fourth-order valence-electron chi connectivity index (χ4n) is 1.84. The molecule has 0 bridgehead atoms. The Morgan fingerprint density at radius 1 is 1.29 bits per heavy atom. The molecule has 13 heteroatoms. The van der Waals surface area contributed by atoms with E-state index in [1.54, 1.807) is 12.3 Å². The van der Waals surface area contributed by atoms with E-state index in [-0.39, 0.29) is 0 Å². The van der Waals surface area contributed by atoms with Crippen molar-refractivity contribution >= 4 is 38.4 Å². The topological polar surface area (TPSA) is 114 Å². The van der Waals surface area contributed by atoms with Crippen molar-refractivity contribution < 1.29 is 35.9 Å². The normalized spacial score (nSPS) is 11.9. The van der Waals surface area contributed by atoms with Crippen LogP contribution in [0.1, 0.15) is 11.3 Å². The highest BCUT2D eigenvalue weighted by Crippen LogP contribution is 2.30. The highest BCUT2D eigenvalue weighted by Gasteiger charge is 2.31. The summed E-state index contributed by atoms with van der Waals surface area (Å²) in [7, 11) is -4.38. The second-order valence-electron chi connectivity index (χ2n) is 5.35. The number of ether oxygens (including phenoxy) is 1. The summed E-state index contributed by atoms with van der Waals surface area (Å²) in [5.74, 6) is -1.76. The lowest BCUT2D eigenvalue weighted by Gasteiger charge is -2.10. The van der Waals surface area contributed by atoms with Crippen molar-refractivity contribution in [3.8, 4) is 0 Å². The van der Waals surface area contributed by atoms with Crippen molar-refractivity contribution in [3.05, 3.63) is 40.9 Å². The Kier molecular flexibility index (Phi) is 6.74. The van der Waals surface area contributed by atoms with Crippen molar-refractivity contribution in [2.75, 3.05) is 18.5 Å². The van der Waals surface area contributed by atoms with E-state index in [1.807, 2.05) is 4.72 Å². The Labute approximate surface area is 161 Å². The van der Waals surface area contributed by atoms with Gasteiger partial charge in [0, 0.05) is 5.38 Å². The molecule has 8 nitrogen and oxygen atoms in total. The first-order valence-corrected chi connectivity index (χ1v) is 9.88. The van der Waals surface area contributed by atoms with Crippen molar-refractivity contribution in [2.45, 2.75) is 18.0 Å². The van der Waals surface area contributed by atoms with Crippen LogP contribution in [0.5, 0.6) is 0 Å². The zero-order valence-electron chi connectivity index (χ0n) is 14.2. The Morgan fingerprint density at radius 3 is 2.61 bits per heavy atom. The molecule has 0 saturated carbocycles. The molecule has 1 amide bonds. The number of carbonyl (C=O) groups is 2. The second-order valence-corrected chi connectivity index (χ2v) is 7.98. The van der Waals surface area contributed by atoms with Crippen LogP contribution in [0, 0.1) is 6.92 Å². The van der Waals surface area contributed by atoms with Crippen molar-refractivity contribution in [2.24, 2.45) is 0 Å². The largest absolute Gasteiger partial charge is 0.455 e. The smallest absolute Gasteiger partial charge is 0.416 e. The van der Waals surface area contributed by atoms with Crippen LogP contribution in [-0.2, 0) is 30.5 Å². The highest BCUT2D eigenvalue weighted by atomic mass is 32.2. The predicted molar refractivity (Wildman–Crippen MR) is 93.1 cm³/mol. The quantitative estimate of drug-likeness (QED) is 0.640. The zero-order chi connectivity index (χ0) is 20.9. The first-order chi connectivity index (χ1) is 13.0. The van der Waals surface area contributed by atoms with E-state index in [1.165, 1.54) is 11.3 Å². The van der Waals surface area contributed by atoms with Gasteiger partial charge in [0.2, 0.25) is 10.0 Å². The average molecular weight is 437 g/mol. The van der Waals surface area contributed by atoms with Crippen LogP contribution in [0.4, 0.5) is 18.3 Å². The Balaban J connectivity index is 1.86. The van der Waals surface area contributed by atoms with Crippen molar-refractivity contribution in [1.82, 2.24) is 9.71 Å². The number of aryl methyl sites for hydroxylation is 1. The van der Waals surface area contributed by atoms with Crippen LogP contribution >= 0.6 is 11.3 Å². The predicted octanol–water partition coefficient (Wildman–Crippen LogP) is 1.93. The van der Waals surface area contributed by atoms with E-state index in [0.29, 0.717) is 16.9 Å². The van der Waals surface area contributed by atoms with Gasteiger partial charge in [-0.3, -0.25) is 14.9 Å². The van der Waals surface area contributed by atoms with Gasteiger partial charge in [-0.05, 0) is 25.1 Å². The minimum atomic E-state index is -4.71. The third-order valence-corrected chi connectivity index (χ3v) is 5.38. The molecule has 0 spiro atoms. The maximum Gasteiger partial charge on any atom is 0.416 e. The van der Waals surface area contributed by atoms with Crippen LogP contribution in [-0.4, -0.2) is 38.4 Å². The molecule has 1 heterocycles. The number of nitrogens with zero attached hydrogens (tertiary/aromatic N) is 1. The van der Waals surface area contributed by atoms with Crippen LogP contribution in [0.25, 0.3) is 0 Å². The Hall–Kier alpha value is -2.51. The lowest BCUT2D eigenvalue weighted by molar-refractivity contribution is -0.146. The maximum atomic E-state index is 12.7. The number of sulfonamides is 1. The molecule has 0 unspecified atom stereocenters. The molecule has 152 valence electrons. The van der Waals surface area contributed by atoms with Crippen molar-refractivity contribution in [3.63, 3.8) is 0 Å². The molecular weight excluding hydrogens is 423 g/mol. The standard InChI is InChI=1S/C15H14F3N3O5S2/c1-9-8-27-14(20-9)21-12(22)7-26-13(23)6-19-28(24,25)11-4-2-3-10(5-11)15(16,17)18/h2-5,8,19H,6-7H2,1H3,(H,20,21,22). The van der Waals surface area contributed by atoms with Crippen LogP contribution in [0.2, 0.25) is 0 Å². The first kappa shape index (κ1) is 21.8. The molecule has 1 aromatic heterocycles. The third-order valence-electron chi connectivity index (χ3n) is 3.11. The molecule has 2 aromatic rings. The van der Waals surface area contributed by atoms with E-state index in [0.717, 1.165) is 18.2 Å². The monoisotopic (exact) mass is 437 g/mol. The number of aromatic nitrogens is 1. The molecule has 0 fully saturated rings. The van der Waals surface area contributed by atoms with Gasteiger partial charge in [0.15, 0.2) is 11.7 Å². The first-order valence-electron chi connectivity index (χ1n) is 7.52. The van der Waals surface area contributed by atoms with Crippen molar-refractivity contribution in [1.29, 1.82) is 0 Å². The van der Waals surface area contributed by atoms with Crippen LogP contribution in [0.15, 0.2) is 34.5 Å². The fraction of sp³-hybridized carbons (Fsp3) is 0.267. The number of hydrogen-bond acceptors (Lipinski definition) is 7. The van der Waals surface area contributed by atoms with Crippen LogP contribution in [0.3, 0.4) is 0 Å². The average Bonchev–Trinajstić information content (AvgIpc) is 3.02. The molecule has 1 aromatic carbocycles. The molecule has 0 aliphatic rings. The maximum absolute atomic E-state index is 12.7. The Morgan fingerprint density at radius 2 is 2.00 bits per heavy atom. The summed E-state index contributed by atoms with van der Waals surface area (Å²) in [6, 6.07) is 3.04. The highest BCUT2D eigenvalue weighted by molar-refractivity contribution is 7.89. The number of thiazole rings is 1. The number of alkyl halides is 3. The summed E-state index contributed by atoms with van der Waals surface area (Å²) in [4.78, 5) is 26.5. The number of esters is 1.